The molecule has 2 aromatic carbocycles. The van der Waals surface area contributed by atoms with Gasteiger partial charge in [-0.05, 0) is 42.8 Å². The van der Waals surface area contributed by atoms with Crippen molar-refractivity contribution < 1.29 is 18.3 Å². The van der Waals surface area contributed by atoms with Gasteiger partial charge < -0.3 is 10.1 Å². The van der Waals surface area contributed by atoms with Gasteiger partial charge in [-0.2, -0.15) is 0 Å². The van der Waals surface area contributed by atoms with Crippen LogP contribution in [-0.4, -0.2) is 42.5 Å². The maximum absolute atomic E-state index is 13.4. The molecule has 0 spiro atoms. The van der Waals surface area contributed by atoms with Crippen molar-refractivity contribution in [1.82, 2.24) is 29.5 Å². The molecule has 0 aliphatic carbocycles. The summed E-state index contributed by atoms with van der Waals surface area (Å²) in [7, 11) is 1.42. The number of nitrogens with zero attached hydrogens (tertiary/aromatic N) is 6. The molecule has 0 saturated carbocycles. The normalized spacial score (nSPS) is 12.1. The standard InChI is InChI=1S/C27H22ClF2N7O3/c1-3-22(27(39)33-16-5-6-19-20(11-16)32-9-8-31-19)36-14-24(40-2)18(12-25(36)38)17-10-15(28)4-7-23(17)37-13-21(26(29)30)34-35-37/h4-14,22,26H,3H2,1-2H3,(H,33,39). The molecular weight excluding hydrogens is 544 g/mol. The molecule has 10 nitrogen and oxygen atoms in total. The lowest BCUT2D eigenvalue weighted by Crippen LogP contribution is -2.32. The summed E-state index contributed by atoms with van der Waals surface area (Å²) in [4.78, 5) is 35.1. The lowest BCUT2D eigenvalue weighted by molar-refractivity contribution is -0.119. The molecule has 0 saturated heterocycles. The molecule has 1 amide bonds. The summed E-state index contributed by atoms with van der Waals surface area (Å²) in [6.07, 6.45) is 3.18. The van der Waals surface area contributed by atoms with Crippen molar-refractivity contribution in [3.63, 3.8) is 0 Å². The molecule has 0 aliphatic heterocycles. The smallest absolute Gasteiger partial charge is 0.283 e. The fraction of sp³-hybridized carbons (Fsp3) is 0.185. The number of amides is 1. The van der Waals surface area contributed by atoms with Crippen LogP contribution in [0, 0.1) is 0 Å². The number of anilines is 1. The fourth-order valence-corrected chi connectivity index (χ4v) is 4.51. The van der Waals surface area contributed by atoms with E-state index >= 15 is 0 Å². The van der Waals surface area contributed by atoms with E-state index in [1.807, 2.05) is 0 Å². The quantitative estimate of drug-likeness (QED) is 0.274. The van der Waals surface area contributed by atoms with Crippen molar-refractivity contribution in [2.75, 3.05) is 12.4 Å². The fourth-order valence-electron chi connectivity index (χ4n) is 4.34. The lowest BCUT2D eigenvalue weighted by Gasteiger charge is -2.21. The van der Waals surface area contributed by atoms with Crippen LogP contribution in [0.25, 0.3) is 27.8 Å². The Bertz CT molecular complexity index is 1770. The highest BCUT2D eigenvalue weighted by molar-refractivity contribution is 6.31. The average molecular weight is 566 g/mol. The van der Waals surface area contributed by atoms with Gasteiger partial charge in [-0.15, -0.1) is 5.10 Å². The zero-order valence-corrected chi connectivity index (χ0v) is 22.0. The number of carbonyl (C=O) groups is 1. The Morgan fingerprint density at radius 1 is 1.05 bits per heavy atom. The Hall–Kier alpha value is -4.71. The molecule has 5 rings (SSSR count). The van der Waals surface area contributed by atoms with Crippen LogP contribution in [0.2, 0.25) is 5.02 Å². The number of benzene rings is 2. The van der Waals surface area contributed by atoms with E-state index in [2.05, 4.69) is 25.6 Å². The number of nitrogens with one attached hydrogen (secondary N) is 1. The summed E-state index contributed by atoms with van der Waals surface area (Å²) >= 11 is 6.25. The van der Waals surface area contributed by atoms with Crippen molar-refractivity contribution in [2.45, 2.75) is 25.8 Å². The molecule has 0 radical (unpaired) electrons. The first kappa shape index (κ1) is 26.9. The van der Waals surface area contributed by atoms with Crippen LogP contribution in [0.4, 0.5) is 14.5 Å². The van der Waals surface area contributed by atoms with Crippen molar-refractivity contribution in [2.24, 2.45) is 0 Å². The summed E-state index contributed by atoms with van der Waals surface area (Å²) < 4.78 is 34.3. The highest BCUT2D eigenvalue weighted by Crippen LogP contribution is 2.35. The predicted molar refractivity (Wildman–Crippen MR) is 145 cm³/mol. The second-order valence-electron chi connectivity index (χ2n) is 8.72. The number of carbonyl (C=O) groups excluding carboxylic acids is 1. The molecule has 0 aliphatic rings. The first-order valence-corrected chi connectivity index (χ1v) is 12.5. The van der Waals surface area contributed by atoms with E-state index in [1.54, 1.807) is 55.7 Å². The van der Waals surface area contributed by atoms with Gasteiger partial charge in [0, 0.05) is 40.3 Å². The molecule has 1 atom stereocenters. The second-order valence-corrected chi connectivity index (χ2v) is 9.16. The van der Waals surface area contributed by atoms with Crippen LogP contribution in [-0.2, 0) is 4.79 Å². The number of ether oxygens (including phenoxy) is 1. The van der Waals surface area contributed by atoms with E-state index in [4.69, 9.17) is 16.3 Å². The highest BCUT2D eigenvalue weighted by Gasteiger charge is 2.24. The van der Waals surface area contributed by atoms with E-state index < -0.39 is 29.6 Å². The van der Waals surface area contributed by atoms with E-state index in [-0.39, 0.29) is 5.75 Å². The van der Waals surface area contributed by atoms with Gasteiger partial charge in [-0.1, -0.05) is 23.7 Å². The highest BCUT2D eigenvalue weighted by atomic mass is 35.5. The average Bonchev–Trinajstić information content (AvgIpc) is 3.44. The molecular formula is C27H22ClF2N7O3. The Morgan fingerprint density at radius 2 is 1.82 bits per heavy atom. The van der Waals surface area contributed by atoms with E-state index in [1.165, 1.54) is 28.6 Å². The maximum atomic E-state index is 13.4. The SMILES string of the molecule is CCC(C(=O)Nc1ccc2nccnc2c1)n1cc(OC)c(-c2cc(Cl)ccc2-n2cc(C(F)F)nn2)cc1=O. The number of hydrogen-bond donors (Lipinski definition) is 1. The number of pyridine rings is 1. The summed E-state index contributed by atoms with van der Waals surface area (Å²) in [6.45, 7) is 1.78. The van der Waals surface area contributed by atoms with Crippen LogP contribution in [0.3, 0.4) is 0 Å². The second kappa shape index (κ2) is 11.2. The van der Waals surface area contributed by atoms with Crippen molar-refractivity contribution in [3.8, 4) is 22.6 Å². The van der Waals surface area contributed by atoms with Gasteiger partial charge in [-0.3, -0.25) is 24.1 Å². The Labute approximate surface area is 231 Å². The summed E-state index contributed by atoms with van der Waals surface area (Å²) in [6, 6.07) is 10.3. The van der Waals surface area contributed by atoms with Gasteiger partial charge in [0.2, 0.25) is 5.91 Å². The lowest BCUT2D eigenvalue weighted by atomic mass is 10.0. The molecule has 3 aromatic heterocycles. The molecule has 1 unspecified atom stereocenters. The molecule has 40 heavy (non-hydrogen) atoms. The van der Waals surface area contributed by atoms with Crippen molar-refractivity contribution in [1.29, 1.82) is 0 Å². The molecule has 5 aromatic rings. The molecule has 204 valence electrons. The number of aromatic nitrogens is 6. The summed E-state index contributed by atoms with van der Waals surface area (Å²) in [5, 5.41) is 10.5. The minimum absolute atomic E-state index is 0.254. The number of halogens is 3. The molecule has 0 fully saturated rings. The molecule has 0 bridgehead atoms. The maximum Gasteiger partial charge on any atom is 0.283 e. The zero-order valence-electron chi connectivity index (χ0n) is 21.3. The number of rotatable bonds is 8. The van der Waals surface area contributed by atoms with Gasteiger partial charge in [0.05, 0.1) is 36.2 Å². The third kappa shape index (κ3) is 5.25. The van der Waals surface area contributed by atoms with E-state index in [9.17, 15) is 18.4 Å². The third-order valence-electron chi connectivity index (χ3n) is 6.26. The number of methoxy groups -OCH3 is 1. The van der Waals surface area contributed by atoms with Gasteiger partial charge in [0.25, 0.3) is 12.0 Å². The Balaban J connectivity index is 1.52. The minimum Gasteiger partial charge on any atom is -0.495 e. The number of hydrogen-bond acceptors (Lipinski definition) is 7. The Morgan fingerprint density at radius 3 is 2.52 bits per heavy atom. The van der Waals surface area contributed by atoms with Crippen molar-refractivity contribution in [3.05, 3.63) is 88.3 Å². The third-order valence-corrected chi connectivity index (χ3v) is 6.49. The van der Waals surface area contributed by atoms with Gasteiger partial charge >= 0.3 is 0 Å². The van der Waals surface area contributed by atoms with Crippen LogP contribution in [0.15, 0.2) is 72.0 Å². The predicted octanol–water partition coefficient (Wildman–Crippen LogP) is 5.23. The van der Waals surface area contributed by atoms with Gasteiger partial charge in [0.15, 0.2) is 0 Å². The monoisotopic (exact) mass is 565 g/mol. The van der Waals surface area contributed by atoms with Crippen molar-refractivity contribution >= 4 is 34.2 Å². The summed E-state index contributed by atoms with van der Waals surface area (Å²) in [5.74, 6) is -0.155. The number of fused-ring (bicyclic) bond motifs is 1. The Kier molecular flexibility index (Phi) is 7.52. The summed E-state index contributed by atoms with van der Waals surface area (Å²) in [5.41, 5.74) is 1.89. The van der Waals surface area contributed by atoms with E-state index in [0.717, 1.165) is 6.20 Å². The van der Waals surface area contributed by atoms with Crippen LogP contribution in [0.5, 0.6) is 5.75 Å². The largest absolute Gasteiger partial charge is 0.495 e. The van der Waals surface area contributed by atoms with Gasteiger partial charge in [0.1, 0.15) is 17.5 Å². The van der Waals surface area contributed by atoms with E-state index in [0.29, 0.717) is 45.0 Å². The minimum atomic E-state index is -2.80. The molecule has 3 heterocycles. The first-order valence-electron chi connectivity index (χ1n) is 12.1. The first-order chi connectivity index (χ1) is 19.3. The number of alkyl halides is 2. The van der Waals surface area contributed by atoms with Crippen LogP contribution < -0.4 is 15.6 Å². The topological polar surface area (TPSA) is 117 Å². The molecule has 1 N–H and O–H groups in total. The van der Waals surface area contributed by atoms with Gasteiger partial charge in [-0.25, -0.2) is 13.5 Å². The zero-order chi connectivity index (χ0) is 28.4. The van der Waals surface area contributed by atoms with Crippen LogP contribution in [0.1, 0.15) is 31.5 Å². The molecule has 13 heteroatoms. The van der Waals surface area contributed by atoms with Crippen LogP contribution >= 0.6 is 11.6 Å².